The predicted octanol–water partition coefficient (Wildman–Crippen LogP) is 1.72. The predicted molar refractivity (Wildman–Crippen MR) is 44.5 cm³/mol. The molecule has 1 N–H and O–H groups in total. The van der Waals surface area contributed by atoms with Crippen LogP contribution in [0.4, 0.5) is 0 Å². The number of unbranched alkanes of at least 4 members (excludes halogenated alkanes) is 3. The van der Waals surface area contributed by atoms with Gasteiger partial charge in [-0.05, 0) is 6.42 Å². The van der Waals surface area contributed by atoms with E-state index in [0.29, 0.717) is 6.10 Å². The summed E-state index contributed by atoms with van der Waals surface area (Å²) in [4.78, 5) is 0. The smallest absolute Gasteiger partial charge is 0.107 e. The minimum absolute atomic E-state index is 0.177. The van der Waals surface area contributed by atoms with Crippen molar-refractivity contribution in [2.45, 2.75) is 51.2 Å². The zero-order valence-corrected chi connectivity index (χ0v) is 7.25. The minimum atomic E-state index is 0.177. The highest BCUT2D eigenvalue weighted by Crippen LogP contribution is 2.26. The van der Waals surface area contributed by atoms with Crippen molar-refractivity contribution < 1.29 is 9.84 Å². The largest absolute Gasteiger partial charge is 0.394 e. The normalized spacial score (nSPS) is 28.9. The van der Waals surface area contributed by atoms with Gasteiger partial charge in [0.1, 0.15) is 6.10 Å². The highest BCUT2D eigenvalue weighted by Gasteiger charge is 2.36. The van der Waals surface area contributed by atoms with Crippen LogP contribution < -0.4 is 0 Å². The number of epoxide rings is 1. The van der Waals surface area contributed by atoms with Gasteiger partial charge in [-0.3, -0.25) is 0 Å². The third kappa shape index (κ3) is 3.21. The summed E-state index contributed by atoms with van der Waals surface area (Å²) in [5.74, 6) is 0. The Morgan fingerprint density at radius 2 is 2.00 bits per heavy atom. The zero-order chi connectivity index (χ0) is 8.10. The molecule has 0 bridgehead atoms. The van der Waals surface area contributed by atoms with Crippen molar-refractivity contribution in [2.75, 3.05) is 6.61 Å². The lowest BCUT2D eigenvalue weighted by molar-refractivity contribution is 0.241. The van der Waals surface area contributed by atoms with E-state index < -0.39 is 0 Å². The van der Waals surface area contributed by atoms with Crippen LogP contribution >= 0.6 is 0 Å². The molecule has 11 heavy (non-hydrogen) atoms. The number of rotatable bonds is 6. The van der Waals surface area contributed by atoms with Gasteiger partial charge in [-0.1, -0.05) is 32.6 Å². The fourth-order valence-electron chi connectivity index (χ4n) is 1.37. The van der Waals surface area contributed by atoms with E-state index in [-0.39, 0.29) is 12.7 Å². The second-order valence-corrected chi connectivity index (χ2v) is 3.24. The molecule has 1 rings (SSSR count). The van der Waals surface area contributed by atoms with Gasteiger partial charge in [-0.15, -0.1) is 0 Å². The molecule has 2 heteroatoms. The highest BCUT2D eigenvalue weighted by molar-refractivity contribution is 4.83. The number of hydrogen-bond donors (Lipinski definition) is 1. The van der Waals surface area contributed by atoms with Crippen LogP contribution in [0.5, 0.6) is 0 Å². The van der Waals surface area contributed by atoms with Crippen molar-refractivity contribution in [3.63, 3.8) is 0 Å². The van der Waals surface area contributed by atoms with Gasteiger partial charge in [0.2, 0.25) is 0 Å². The van der Waals surface area contributed by atoms with Crippen LogP contribution in [0.2, 0.25) is 0 Å². The van der Waals surface area contributed by atoms with E-state index in [1.54, 1.807) is 0 Å². The van der Waals surface area contributed by atoms with Crippen molar-refractivity contribution >= 4 is 0 Å². The first-order valence-corrected chi connectivity index (χ1v) is 4.64. The maximum absolute atomic E-state index is 8.65. The molecule has 0 unspecified atom stereocenters. The lowest BCUT2D eigenvalue weighted by Crippen LogP contribution is -1.98. The first-order chi connectivity index (χ1) is 5.38. The molecule has 2 atom stereocenters. The minimum Gasteiger partial charge on any atom is -0.394 e. The maximum atomic E-state index is 8.65. The van der Waals surface area contributed by atoms with Crippen LogP contribution in [-0.2, 0) is 4.74 Å². The molecule has 1 fully saturated rings. The standard InChI is InChI=1S/C9H18O2/c1-2-3-4-5-6-8-9(7-10)11-8/h8-10H,2-7H2,1H3/t8-,9+/m0/s1. The molecule has 66 valence electrons. The molecule has 0 saturated carbocycles. The summed E-state index contributed by atoms with van der Waals surface area (Å²) in [6.45, 7) is 2.42. The van der Waals surface area contributed by atoms with E-state index >= 15 is 0 Å². The van der Waals surface area contributed by atoms with E-state index in [2.05, 4.69) is 6.92 Å². The van der Waals surface area contributed by atoms with Gasteiger partial charge < -0.3 is 9.84 Å². The Labute approximate surface area is 68.6 Å². The third-order valence-electron chi connectivity index (χ3n) is 2.21. The molecule has 0 aromatic rings. The molecule has 1 aliphatic rings. The lowest BCUT2D eigenvalue weighted by atomic mass is 10.1. The Hall–Kier alpha value is -0.0800. The summed E-state index contributed by atoms with van der Waals surface area (Å²) in [7, 11) is 0. The second kappa shape index (κ2) is 4.73. The average Bonchev–Trinajstić information content (AvgIpc) is 2.77. The topological polar surface area (TPSA) is 32.8 Å². The fourth-order valence-corrected chi connectivity index (χ4v) is 1.37. The molecule has 0 aliphatic carbocycles. The maximum Gasteiger partial charge on any atom is 0.107 e. The van der Waals surface area contributed by atoms with Crippen LogP contribution in [0.15, 0.2) is 0 Å². The molecular formula is C9H18O2. The van der Waals surface area contributed by atoms with Crippen molar-refractivity contribution in [2.24, 2.45) is 0 Å². The molecular weight excluding hydrogens is 140 g/mol. The summed E-state index contributed by atoms with van der Waals surface area (Å²) < 4.78 is 5.20. The average molecular weight is 158 g/mol. The summed E-state index contributed by atoms with van der Waals surface area (Å²) in [5, 5.41) is 8.65. The first-order valence-electron chi connectivity index (χ1n) is 4.64. The van der Waals surface area contributed by atoms with E-state index in [1.807, 2.05) is 0 Å². The summed E-state index contributed by atoms with van der Waals surface area (Å²) in [5.41, 5.74) is 0. The summed E-state index contributed by atoms with van der Waals surface area (Å²) in [6.07, 6.45) is 6.90. The van der Waals surface area contributed by atoms with E-state index in [1.165, 1.54) is 25.7 Å². The van der Waals surface area contributed by atoms with Crippen LogP contribution in [0.1, 0.15) is 39.0 Å². The van der Waals surface area contributed by atoms with Crippen LogP contribution in [0, 0.1) is 0 Å². The molecule has 2 nitrogen and oxygen atoms in total. The lowest BCUT2D eigenvalue weighted by Gasteiger charge is -1.94. The fraction of sp³-hybridized carbons (Fsp3) is 1.00. The quantitative estimate of drug-likeness (QED) is 0.471. The Kier molecular flexibility index (Phi) is 3.87. The van der Waals surface area contributed by atoms with Crippen LogP contribution in [0.3, 0.4) is 0 Å². The van der Waals surface area contributed by atoms with Crippen LogP contribution in [-0.4, -0.2) is 23.9 Å². The molecule has 1 saturated heterocycles. The Balaban J connectivity index is 1.82. The van der Waals surface area contributed by atoms with Crippen molar-refractivity contribution in [1.29, 1.82) is 0 Å². The Bertz CT molecular complexity index is 104. The number of aliphatic hydroxyl groups is 1. The van der Waals surface area contributed by atoms with Crippen molar-refractivity contribution in [1.82, 2.24) is 0 Å². The van der Waals surface area contributed by atoms with E-state index in [9.17, 15) is 0 Å². The molecule has 1 aliphatic heterocycles. The molecule has 0 aromatic heterocycles. The number of hydrogen-bond acceptors (Lipinski definition) is 2. The molecule has 0 radical (unpaired) electrons. The van der Waals surface area contributed by atoms with Crippen molar-refractivity contribution in [3.8, 4) is 0 Å². The third-order valence-corrected chi connectivity index (χ3v) is 2.21. The van der Waals surface area contributed by atoms with Crippen LogP contribution in [0.25, 0.3) is 0 Å². The van der Waals surface area contributed by atoms with E-state index in [4.69, 9.17) is 9.84 Å². The number of aliphatic hydroxyl groups excluding tert-OH is 1. The number of ether oxygens (including phenoxy) is 1. The highest BCUT2D eigenvalue weighted by atomic mass is 16.6. The Morgan fingerprint density at radius 3 is 2.55 bits per heavy atom. The van der Waals surface area contributed by atoms with Gasteiger partial charge in [0, 0.05) is 0 Å². The van der Waals surface area contributed by atoms with E-state index in [0.717, 1.165) is 6.42 Å². The molecule has 0 amide bonds. The SMILES string of the molecule is CCCCCC[C@@H]1O[C@@H]1CO. The second-order valence-electron chi connectivity index (χ2n) is 3.24. The first kappa shape index (κ1) is 9.01. The van der Waals surface area contributed by atoms with Gasteiger partial charge in [-0.2, -0.15) is 0 Å². The van der Waals surface area contributed by atoms with Gasteiger partial charge in [0.05, 0.1) is 12.7 Å². The molecule has 0 spiro atoms. The molecule has 0 aromatic carbocycles. The summed E-state index contributed by atoms with van der Waals surface area (Å²) in [6, 6.07) is 0. The summed E-state index contributed by atoms with van der Waals surface area (Å²) >= 11 is 0. The van der Waals surface area contributed by atoms with Crippen molar-refractivity contribution in [3.05, 3.63) is 0 Å². The van der Waals surface area contributed by atoms with Gasteiger partial charge in [0.25, 0.3) is 0 Å². The Morgan fingerprint density at radius 1 is 1.18 bits per heavy atom. The zero-order valence-electron chi connectivity index (χ0n) is 7.25. The van der Waals surface area contributed by atoms with Gasteiger partial charge in [0.15, 0.2) is 0 Å². The molecule has 1 heterocycles. The van der Waals surface area contributed by atoms with Gasteiger partial charge >= 0.3 is 0 Å². The monoisotopic (exact) mass is 158 g/mol. The van der Waals surface area contributed by atoms with Gasteiger partial charge in [-0.25, -0.2) is 0 Å².